The summed E-state index contributed by atoms with van der Waals surface area (Å²) in [5.74, 6) is -3.47. The monoisotopic (exact) mass is 475 g/mol. The highest BCUT2D eigenvalue weighted by atomic mass is 19.4. The third kappa shape index (κ3) is 7.28. The van der Waals surface area contributed by atoms with Crippen molar-refractivity contribution in [1.29, 1.82) is 0 Å². The van der Waals surface area contributed by atoms with Crippen LogP contribution in [0.15, 0.2) is 36.4 Å². The molecule has 1 aliphatic heterocycles. The Morgan fingerprint density at radius 1 is 1.03 bits per heavy atom. The number of urea groups is 1. The van der Waals surface area contributed by atoms with Crippen LogP contribution in [0.4, 0.5) is 31.1 Å². The molecule has 1 heterocycles. The highest BCUT2D eigenvalue weighted by Gasteiger charge is 2.33. The summed E-state index contributed by atoms with van der Waals surface area (Å²) in [5.41, 5.74) is -0.162. The molecule has 180 valence electrons. The zero-order valence-corrected chi connectivity index (χ0v) is 17.8. The van der Waals surface area contributed by atoms with E-state index in [0.29, 0.717) is 25.0 Å². The molecule has 0 aromatic heterocycles. The SMILES string of the molecule is CN1CCC(NC(=O)N(Cc2ccc(F)cc2F)Cc2ccc(F)cc2OC(F)(F)F)CC1. The summed E-state index contributed by atoms with van der Waals surface area (Å²) in [6.07, 6.45) is -3.74. The number of nitrogens with one attached hydrogen (secondary N) is 1. The van der Waals surface area contributed by atoms with E-state index in [0.717, 1.165) is 42.3 Å². The van der Waals surface area contributed by atoms with E-state index >= 15 is 0 Å². The van der Waals surface area contributed by atoms with E-state index in [9.17, 15) is 31.1 Å². The first-order valence-corrected chi connectivity index (χ1v) is 10.2. The normalized spacial score (nSPS) is 15.4. The van der Waals surface area contributed by atoms with Gasteiger partial charge in [0.05, 0.1) is 13.1 Å². The predicted octanol–water partition coefficient (Wildman–Crippen LogP) is 4.81. The van der Waals surface area contributed by atoms with Gasteiger partial charge in [0.1, 0.15) is 23.2 Å². The van der Waals surface area contributed by atoms with Crippen molar-refractivity contribution in [2.45, 2.75) is 38.3 Å². The first kappa shape index (κ1) is 24.7. The number of carbonyl (C=O) groups excluding carboxylic acids is 1. The lowest BCUT2D eigenvalue weighted by atomic mass is 10.1. The van der Waals surface area contributed by atoms with Gasteiger partial charge in [-0.05, 0) is 45.1 Å². The lowest BCUT2D eigenvalue weighted by Crippen LogP contribution is -2.48. The second-order valence-electron chi connectivity index (χ2n) is 7.92. The number of hydrogen-bond donors (Lipinski definition) is 1. The molecule has 1 N–H and O–H groups in total. The van der Waals surface area contributed by atoms with Crippen molar-refractivity contribution < 1.29 is 35.9 Å². The fourth-order valence-electron chi connectivity index (χ4n) is 3.56. The first-order valence-electron chi connectivity index (χ1n) is 10.2. The molecule has 33 heavy (non-hydrogen) atoms. The van der Waals surface area contributed by atoms with Crippen LogP contribution in [-0.2, 0) is 13.1 Å². The van der Waals surface area contributed by atoms with Crippen LogP contribution in [0.1, 0.15) is 24.0 Å². The van der Waals surface area contributed by atoms with Gasteiger partial charge in [0, 0.05) is 29.3 Å². The number of rotatable bonds is 6. The minimum absolute atomic E-state index is 0.0321. The Balaban J connectivity index is 1.86. The average Bonchev–Trinajstić information content (AvgIpc) is 2.71. The topological polar surface area (TPSA) is 44.8 Å². The molecule has 0 saturated carbocycles. The Hall–Kier alpha value is -2.95. The van der Waals surface area contributed by atoms with Gasteiger partial charge in [0.15, 0.2) is 0 Å². The van der Waals surface area contributed by atoms with Crippen molar-refractivity contribution in [3.63, 3.8) is 0 Å². The summed E-state index contributed by atoms with van der Waals surface area (Å²) in [4.78, 5) is 16.2. The minimum Gasteiger partial charge on any atom is -0.405 e. The van der Waals surface area contributed by atoms with Gasteiger partial charge in [-0.3, -0.25) is 0 Å². The number of likely N-dealkylation sites (tertiary alicyclic amines) is 1. The summed E-state index contributed by atoms with van der Waals surface area (Å²) >= 11 is 0. The van der Waals surface area contributed by atoms with Crippen LogP contribution in [0.25, 0.3) is 0 Å². The summed E-state index contributed by atoms with van der Waals surface area (Å²) in [5, 5.41) is 2.82. The maximum atomic E-state index is 14.2. The highest BCUT2D eigenvalue weighted by Crippen LogP contribution is 2.29. The molecule has 2 amide bonds. The van der Waals surface area contributed by atoms with E-state index < -0.39 is 42.1 Å². The molecule has 0 atom stereocenters. The molecular formula is C22H23F6N3O2. The van der Waals surface area contributed by atoms with Crippen molar-refractivity contribution in [2.75, 3.05) is 20.1 Å². The molecule has 1 aliphatic rings. The summed E-state index contributed by atoms with van der Waals surface area (Å²) in [7, 11) is 1.94. The molecule has 3 rings (SSSR count). The van der Waals surface area contributed by atoms with Crippen molar-refractivity contribution in [3.05, 3.63) is 65.0 Å². The van der Waals surface area contributed by atoms with Gasteiger partial charge in [0.2, 0.25) is 0 Å². The first-order chi connectivity index (χ1) is 15.5. The number of carbonyl (C=O) groups is 1. The Labute approximate surface area is 186 Å². The van der Waals surface area contributed by atoms with Gasteiger partial charge in [-0.2, -0.15) is 0 Å². The van der Waals surface area contributed by atoms with Gasteiger partial charge in [-0.15, -0.1) is 13.2 Å². The molecular weight excluding hydrogens is 452 g/mol. The van der Waals surface area contributed by atoms with Gasteiger partial charge in [-0.25, -0.2) is 18.0 Å². The highest BCUT2D eigenvalue weighted by molar-refractivity contribution is 5.74. The van der Waals surface area contributed by atoms with Crippen LogP contribution in [0.3, 0.4) is 0 Å². The van der Waals surface area contributed by atoms with E-state index in [2.05, 4.69) is 15.0 Å². The maximum Gasteiger partial charge on any atom is 0.573 e. The fraction of sp³-hybridized carbons (Fsp3) is 0.409. The van der Waals surface area contributed by atoms with Crippen molar-refractivity contribution in [1.82, 2.24) is 15.1 Å². The Morgan fingerprint density at radius 3 is 2.21 bits per heavy atom. The van der Waals surface area contributed by atoms with Crippen LogP contribution in [0.2, 0.25) is 0 Å². The van der Waals surface area contributed by atoms with E-state index in [4.69, 9.17) is 0 Å². The van der Waals surface area contributed by atoms with Crippen LogP contribution >= 0.6 is 0 Å². The lowest BCUT2D eigenvalue weighted by Gasteiger charge is -2.32. The zero-order valence-electron chi connectivity index (χ0n) is 17.8. The zero-order chi connectivity index (χ0) is 24.2. The summed E-state index contributed by atoms with van der Waals surface area (Å²) in [6.45, 7) is 0.715. The number of piperidine rings is 1. The molecule has 1 fully saturated rings. The average molecular weight is 475 g/mol. The maximum absolute atomic E-state index is 14.2. The molecule has 2 aromatic carbocycles. The predicted molar refractivity (Wildman–Crippen MR) is 108 cm³/mol. The number of hydrogen-bond acceptors (Lipinski definition) is 3. The number of halogens is 6. The Bertz CT molecular complexity index is 977. The third-order valence-corrected chi connectivity index (χ3v) is 5.33. The molecule has 1 saturated heterocycles. The van der Waals surface area contributed by atoms with Crippen LogP contribution in [-0.4, -0.2) is 48.4 Å². The number of ether oxygens (including phenoxy) is 1. The Kier molecular flexibility index (Phi) is 7.72. The number of nitrogens with zero attached hydrogens (tertiary/aromatic N) is 2. The molecule has 0 unspecified atom stereocenters. The van der Waals surface area contributed by atoms with E-state index in [-0.39, 0.29) is 23.7 Å². The van der Waals surface area contributed by atoms with Gasteiger partial charge >= 0.3 is 12.4 Å². The fourth-order valence-corrected chi connectivity index (χ4v) is 3.56. The largest absolute Gasteiger partial charge is 0.573 e. The molecule has 5 nitrogen and oxygen atoms in total. The van der Waals surface area contributed by atoms with Crippen LogP contribution in [0.5, 0.6) is 5.75 Å². The van der Waals surface area contributed by atoms with Gasteiger partial charge < -0.3 is 19.9 Å². The van der Waals surface area contributed by atoms with Crippen molar-refractivity contribution in [3.8, 4) is 5.75 Å². The molecule has 0 aliphatic carbocycles. The summed E-state index contributed by atoms with van der Waals surface area (Å²) in [6, 6.07) is 4.56. The minimum atomic E-state index is -5.08. The molecule has 0 radical (unpaired) electrons. The van der Waals surface area contributed by atoms with Crippen LogP contribution < -0.4 is 10.1 Å². The molecule has 0 bridgehead atoms. The second kappa shape index (κ2) is 10.3. The molecule has 2 aromatic rings. The third-order valence-electron chi connectivity index (χ3n) is 5.33. The van der Waals surface area contributed by atoms with Gasteiger partial charge in [0.25, 0.3) is 0 Å². The van der Waals surface area contributed by atoms with E-state index in [1.165, 1.54) is 0 Å². The van der Waals surface area contributed by atoms with E-state index in [1.54, 1.807) is 0 Å². The quantitative estimate of drug-likeness (QED) is 0.610. The number of alkyl halides is 3. The number of benzene rings is 2. The second-order valence-corrected chi connectivity index (χ2v) is 7.92. The van der Waals surface area contributed by atoms with Crippen molar-refractivity contribution >= 4 is 6.03 Å². The molecule has 0 spiro atoms. The van der Waals surface area contributed by atoms with E-state index in [1.807, 2.05) is 7.05 Å². The van der Waals surface area contributed by atoms with Crippen molar-refractivity contribution in [2.24, 2.45) is 0 Å². The standard InChI is InChI=1S/C22H23F6N3O2/c1-30-8-6-18(7-9-30)29-21(32)31(12-14-2-4-16(23)10-19(14)25)13-15-3-5-17(24)11-20(15)33-22(26,27)28/h2-5,10-11,18H,6-9,12-13H2,1H3,(H,29,32). The smallest absolute Gasteiger partial charge is 0.405 e. The number of amides is 2. The van der Waals surface area contributed by atoms with Crippen LogP contribution in [0, 0.1) is 17.5 Å². The summed E-state index contributed by atoms with van der Waals surface area (Å²) < 4.78 is 83.4. The Morgan fingerprint density at radius 2 is 1.61 bits per heavy atom. The lowest BCUT2D eigenvalue weighted by molar-refractivity contribution is -0.275. The molecule has 11 heteroatoms. The van der Waals surface area contributed by atoms with Gasteiger partial charge in [-0.1, -0.05) is 12.1 Å².